The highest BCUT2D eigenvalue weighted by Crippen LogP contribution is 2.32. The van der Waals surface area contributed by atoms with Crippen LogP contribution >= 0.6 is 11.8 Å². The lowest BCUT2D eigenvalue weighted by Gasteiger charge is -2.13. The van der Waals surface area contributed by atoms with Gasteiger partial charge in [0.2, 0.25) is 0 Å². The lowest BCUT2D eigenvalue weighted by atomic mass is 10.1. The maximum atomic E-state index is 13.0. The smallest absolute Gasteiger partial charge is 0.280 e. The van der Waals surface area contributed by atoms with Crippen LogP contribution in [-0.4, -0.2) is 19.1 Å². The van der Waals surface area contributed by atoms with E-state index in [0.717, 1.165) is 28.5 Å². The predicted octanol–water partition coefficient (Wildman–Crippen LogP) is 3.46. The van der Waals surface area contributed by atoms with Crippen molar-refractivity contribution in [1.29, 1.82) is 0 Å². The second-order valence-electron chi connectivity index (χ2n) is 6.93. The van der Waals surface area contributed by atoms with Crippen LogP contribution in [0.25, 0.3) is 11.0 Å². The summed E-state index contributed by atoms with van der Waals surface area (Å²) in [6.07, 6.45) is -4.43. The molecule has 0 fully saturated rings. The molecule has 0 aliphatic rings. The Morgan fingerprint density at radius 2 is 1.79 bits per heavy atom. The van der Waals surface area contributed by atoms with Gasteiger partial charge in [-0.2, -0.15) is 13.2 Å². The number of alkyl halides is 3. The molecule has 0 aliphatic heterocycles. The van der Waals surface area contributed by atoms with E-state index in [2.05, 4.69) is 9.97 Å². The SMILES string of the molecule is CC(C)c1nc(SCc2cccc(C(F)(F)F)c2)c2c(=O)n(C)c(=O)n(C)c2n1. The van der Waals surface area contributed by atoms with Gasteiger partial charge in [0.25, 0.3) is 5.56 Å². The highest BCUT2D eigenvalue weighted by Gasteiger charge is 2.30. The van der Waals surface area contributed by atoms with Gasteiger partial charge in [-0.25, -0.2) is 14.8 Å². The van der Waals surface area contributed by atoms with E-state index in [-0.39, 0.29) is 22.7 Å². The molecule has 0 radical (unpaired) electrons. The summed E-state index contributed by atoms with van der Waals surface area (Å²) in [4.78, 5) is 33.8. The second kappa shape index (κ2) is 7.66. The first-order valence-electron chi connectivity index (χ1n) is 8.77. The van der Waals surface area contributed by atoms with E-state index in [0.29, 0.717) is 16.4 Å². The van der Waals surface area contributed by atoms with Crippen molar-refractivity contribution in [2.24, 2.45) is 14.1 Å². The summed E-state index contributed by atoms with van der Waals surface area (Å²) >= 11 is 1.14. The maximum Gasteiger partial charge on any atom is 0.416 e. The lowest BCUT2D eigenvalue weighted by Crippen LogP contribution is -2.37. The van der Waals surface area contributed by atoms with E-state index in [1.54, 1.807) is 6.07 Å². The molecule has 29 heavy (non-hydrogen) atoms. The molecule has 0 unspecified atom stereocenters. The molecular formula is C19H19F3N4O2S. The third-order valence-electron chi connectivity index (χ3n) is 4.43. The van der Waals surface area contributed by atoms with Crippen LogP contribution in [0.4, 0.5) is 13.2 Å². The fourth-order valence-corrected chi connectivity index (χ4v) is 3.76. The summed E-state index contributed by atoms with van der Waals surface area (Å²) in [6.45, 7) is 3.75. The van der Waals surface area contributed by atoms with Gasteiger partial charge in [0.15, 0.2) is 5.65 Å². The van der Waals surface area contributed by atoms with E-state index < -0.39 is 23.0 Å². The summed E-state index contributed by atoms with van der Waals surface area (Å²) in [7, 11) is 2.88. The molecule has 0 bridgehead atoms. The molecule has 3 rings (SSSR count). The standard InChI is InChI=1S/C19H19F3N4O2S/c1-10(2)14-23-15-13(17(27)26(4)18(28)25(15)3)16(24-14)29-9-11-6-5-7-12(8-11)19(20,21)22/h5-8,10H,9H2,1-4H3. The van der Waals surface area contributed by atoms with E-state index in [1.165, 1.54) is 24.7 Å². The molecule has 0 spiro atoms. The van der Waals surface area contributed by atoms with Crippen LogP contribution in [0.5, 0.6) is 0 Å². The average molecular weight is 424 g/mol. The van der Waals surface area contributed by atoms with Crippen LogP contribution in [-0.2, 0) is 26.0 Å². The molecule has 0 atom stereocenters. The largest absolute Gasteiger partial charge is 0.416 e. The van der Waals surface area contributed by atoms with E-state index >= 15 is 0 Å². The molecule has 2 heterocycles. The van der Waals surface area contributed by atoms with E-state index in [4.69, 9.17) is 0 Å². The molecule has 0 N–H and O–H groups in total. The van der Waals surface area contributed by atoms with Gasteiger partial charge in [-0.3, -0.25) is 13.9 Å². The summed E-state index contributed by atoms with van der Waals surface area (Å²) in [5.41, 5.74) is -1.12. The minimum Gasteiger partial charge on any atom is -0.280 e. The summed E-state index contributed by atoms with van der Waals surface area (Å²) in [5.74, 6) is 0.568. The average Bonchev–Trinajstić information content (AvgIpc) is 2.67. The van der Waals surface area contributed by atoms with Gasteiger partial charge in [-0.1, -0.05) is 32.0 Å². The van der Waals surface area contributed by atoms with Crippen LogP contribution in [0.1, 0.15) is 36.7 Å². The Labute approximate surface area is 168 Å². The van der Waals surface area contributed by atoms with Crippen LogP contribution in [0.2, 0.25) is 0 Å². The van der Waals surface area contributed by atoms with Gasteiger partial charge in [0, 0.05) is 25.8 Å². The quantitative estimate of drug-likeness (QED) is 0.474. The number of nitrogens with zero attached hydrogens (tertiary/aromatic N) is 4. The minimum atomic E-state index is -4.43. The molecular weight excluding hydrogens is 405 g/mol. The summed E-state index contributed by atoms with van der Waals surface area (Å²) in [5, 5.41) is 0.517. The first kappa shape index (κ1) is 21.1. The molecule has 1 aromatic carbocycles. The Morgan fingerprint density at radius 1 is 1.10 bits per heavy atom. The Kier molecular flexibility index (Phi) is 5.57. The number of rotatable bonds is 4. The maximum absolute atomic E-state index is 13.0. The van der Waals surface area contributed by atoms with E-state index in [1.807, 2.05) is 13.8 Å². The van der Waals surface area contributed by atoms with Crippen molar-refractivity contribution in [2.45, 2.75) is 36.7 Å². The summed E-state index contributed by atoms with van der Waals surface area (Å²) in [6, 6.07) is 5.02. The molecule has 3 aromatic rings. The molecule has 2 aromatic heterocycles. The molecule has 0 saturated heterocycles. The number of hydrogen-bond acceptors (Lipinski definition) is 5. The Balaban J connectivity index is 2.12. The second-order valence-corrected chi connectivity index (χ2v) is 7.90. The zero-order valence-corrected chi connectivity index (χ0v) is 17.1. The van der Waals surface area contributed by atoms with Crippen molar-refractivity contribution in [3.8, 4) is 0 Å². The van der Waals surface area contributed by atoms with Crippen molar-refractivity contribution in [3.05, 3.63) is 62.1 Å². The first-order valence-corrected chi connectivity index (χ1v) is 9.76. The molecule has 154 valence electrons. The molecule has 0 amide bonds. The Hall–Kier alpha value is -2.62. The Morgan fingerprint density at radius 3 is 2.41 bits per heavy atom. The fourth-order valence-electron chi connectivity index (χ4n) is 2.80. The van der Waals surface area contributed by atoms with Gasteiger partial charge >= 0.3 is 11.9 Å². The Bertz CT molecular complexity index is 1200. The topological polar surface area (TPSA) is 69.8 Å². The monoisotopic (exact) mass is 424 g/mol. The van der Waals surface area contributed by atoms with Crippen LogP contribution in [0, 0.1) is 0 Å². The van der Waals surface area contributed by atoms with Crippen LogP contribution in [0.3, 0.4) is 0 Å². The number of aryl methyl sites for hydroxylation is 1. The van der Waals surface area contributed by atoms with Gasteiger partial charge in [0.1, 0.15) is 16.2 Å². The molecule has 10 heteroatoms. The third kappa shape index (κ3) is 4.07. The lowest BCUT2D eigenvalue weighted by molar-refractivity contribution is -0.137. The van der Waals surface area contributed by atoms with Crippen LogP contribution in [0.15, 0.2) is 38.9 Å². The number of halogens is 3. The highest BCUT2D eigenvalue weighted by atomic mass is 32.2. The fraction of sp³-hybridized carbons (Fsp3) is 0.368. The van der Waals surface area contributed by atoms with Crippen LogP contribution < -0.4 is 11.2 Å². The van der Waals surface area contributed by atoms with Crippen molar-refractivity contribution in [3.63, 3.8) is 0 Å². The van der Waals surface area contributed by atoms with Gasteiger partial charge in [0.05, 0.1) is 5.56 Å². The van der Waals surface area contributed by atoms with Gasteiger partial charge < -0.3 is 0 Å². The predicted molar refractivity (Wildman–Crippen MR) is 105 cm³/mol. The normalized spacial score (nSPS) is 12.1. The number of benzene rings is 1. The van der Waals surface area contributed by atoms with Gasteiger partial charge in [-0.15, -0.1) is 11.8 Å². The number of fused-ring (bicyclic) bond motifs is 1. The molecule has 0 saturated carbocycles. The summed E-state index contributed by atoms with van der Waals surface area (Å²) < 4.78 is 41.1. The van der Waals surface area contributed by atoms with Crippen molar-refractivity contribution in [2.75, 3.05) is 0 Å². The molecule has 0 aliphatic carbocycles. The number of hydrogen-bond donors (Lipinski definition) is 0. The minimum absolute atomic E-state index is 0.0635. The first-order chi connectivity index (χ1) is 13.5. The van der Waals surface area contributed by atoms with Gasteiger partial charge in [-0.05, 0) is 11.6 Å². The number of thioether (sulfide) groups is 1. The zero-order valence-electron chi connectivity index (χ0n) is 16.2. The number of aromatic nitrogens is 4. The van der Waals surface area contributed by atoms with E-state index in [9.17, 15) is 22.8 Å². The van der Waals surface area contributed by atoms with Crippen molar-refractivity contribution < 1.29 is 13.2 Å². The van der Waals surface area contributed by atoms with Crippen molar-refractivity contribution >= 4 is 22.8 Å². The third-order valence-corrected chi connectivity index (χ3v) is 5.48. The molecule has 6 nitrogen and oxygen atoms in total. The van der Waals surface area contributed by atoms with Crippen molar-refractivity contribution in [1.82, 2.24) is 19.1 Å². The zero-order chi connectivity index (χ0) is 21.5. The highest BCUT2D eigenvalue weighted by molar-refractivity contribution is 7.98.